The molecule has 0 radical (unpaired) electrons. The number of halogens is 1. The summed E-state index contributed by atoms with van der Waals surface area (Å²) in [7, 11) is 0. The number of amides is 1. The van der Waals surface area contributed by atoms with Crippen LogP contribution >= 0.6 is 0 Å². The summed E-state index contributed by atoms with van der Waals surface area (Å²) in [5, 5.41) is 6.53. The SMILES string of the molecule is C[C@H]1CN(Cc2cccc(-c3cc(CNC(=O)c4cccc(CN5CCN(CC=Cc6ccccc6)CC5)c4)ccc3F)c2)CCN1. The lowest BCUT2D eigenvalue weighted by atomic mass is 10.00. The molecule has 4 aromatic rings. The molecule has 244 valence electrons. The zero-order valence-corrected chi connectivity index (χ0v) is 27.4. The van der Waals surface area contributed by atoms with Gasteiger partial charge in [-0.1, -0.05) is 78.9 Å². The highest BCUT2D eigenvalue weighted by Gasteiger charge is 2.18. The van der Waals surface area contributed by atoms with Gasteiger partial charge in [0.05, 0.1) is 0 Å². The Morgan fingerprint density at radius 2 is 1.55 bits per heavy atom. The third-order valence-electron chi connectivity index (χ3n) is 9.11. The van der Waals surface area contributed by atoms with Crippen molar-refractivity contribution in [1.29, 1.82) is 0 Å². The number of nitrogens with zero attached hydrogens (tertiary/aromatic N) is 3. The van der Waals surface area contributed by atoms with E-state index in [0.29, 0.717) is 23.7 Å². The van der Waals surface area contributed by atoms with Gasteiger partial charge >= 0.3 is 0 Å². The van der Waals surface area contributed by atoms with Gasteiger partial charge in [0, 0.05) is 89.2 Å². The van der Waals surface area contributed by atoms with Gasteiger partial charge in [-0.25, -0.2) is 4.39 Å². The summed E-state index contributed by atoms with van der Waals surface area (Å²) in [6.07, 6.45) is 4.43. The number of carbonyl (C=O) groups excluding carboxylic acids is 1. The molecule has 0 aliphatic carbocycles. The fourth-order valence-corrected chi connectivity index (χ4v) is 6.54. The maximum atomic E-state index is 15.0. The van der Waals surface area contributed by atoms with E-state index in [9.17, 15) is 4.79 Å². The number of benzene rings is 4. The molecule has 0 bridgehead atoms. The average Bonchev–Trinajstić information content (AvgIpc) is 3.09. The standard InChI is InChI=1S/C40H46FN5O/c1-31-28-46(19-17-42-31)30-34-10-5-13-36(24-34)38-26-33(15-16-39(38)41)27-43-40(47)37-14-6-11-35(25-37)29-45-22-20-44(21-23-45)18-7-12-32-8-3-2-4-9-32/h2-16,24-26,31,42H,17-23,27-30H2,1H3,(H,43,47)/t31-/m0/s1. The summed E-state index contributed by atoms with van der Waals surface area (Å²) in [5.41, 5.74) is 6.46. The quantitative estimate of drug-likeness (QED) is 0.211. The van der Waals surface area contributed by atoms with E-state index in [-0.39, 0.29) is 11.7 Å². The van der Waals surface area contributed by atoms with Gasteiger partial charge in [-0.05, 0) is 65.1 Å². The Morgan fingerprint density at radius 1 is 0.809 bits per heavy atom. The van der Waals surface area contributed by atoms with Crippen molar-refractivity contribution in [3.05, 3.63) is 137 Å². The molecule has 2 N–H and O–H groups in total. The fourth-order valence-electron chi connectivity index (χ4n) is 6.54. The van der Waals surface area contributed by atoms with Gasteiger partial charge in [-0.2, -0.15) is 0 Å². The van der Waals surface area contributed by atoms with Crippen molar-refractivity contribution >= 4 is 12.0 Å². The molecule has 2 saturated heterocycles. The molecule has 0 unspecified atom stereocenters. The largest absolute Gasteiger partial charge is 0.348 e. The molecular weight excluding hydrogens is 585 g/mol. The topological polar surface area (TPSA) is 50.9 Å². The van der Waals surface area contributed by atoms with Crippen LogP contribution in [0.15, 0.2) is 103 Å². The summed E-state index contributed by atoms with van der Waals surface area (Å²) in [6, 6.07) is 32.0. The van der Waals surface area contributed by atoms with E-state index in [4.69, 9.17) is 0 Å². The minimum absolute atomic E-state index is 0.125. The molecule has 2 heterocycles. The first kappa shape index (κ1) is 32.8. The maximum Gasteiger partial charge on any atom is 0.251 e. The van der Waals surface area contributed by atoms with Crippen LogP contribution in [0.1, 0.15) is 39.5 Å². The molecule has 6 nitrogen and oxygen atoms in total. The zero-order chi connectivity index (χ0) is 32.4. The maximum absolute atomic E-state index is 15.0. The average molecular weight is 632 g/mol. The van der Waals surface area contributed by atoms with Gasteiger partial charge in [0.15, 0.2) is 0 Å². The van der Waals surface area contributed by atoms with Crippen molar-refractivity contribution in [2.24, 2.45) is 0 Å². The summed E-state index contributed by atoms with van der Waals surface area (Å²) in [4.78, 5) is 20.5. The number of carbonyl (C=O) groups is 1. The molecule has 7 heteroatoms. The van der Waals surface area contributed by atoms with Gasteiger partial charge < -0.3 is 10.6 Å². The summed E-state index contributed by atoms with van der Waals surface area (Å²) >= 11 is 0. The smallest absolute Gasteiger partial charge is 0.251 e. The Hall–Kier alpha value is -4.14. The molecule has 47 heavy (non-hydrogen) atoms. The molecular formula is C40H46FN5O. The van der Waals surface area contributed by atoms with Crippen LogP contribution in [-0.4, -0.2) is 79.0 Å². The molecule has 2 aliphatic heterocycles. The molecule has 2 fully saturated rings. The lowest BCUT2D eigenvalue weighted by molar-refractivity contribution is 0.0950. The van der Waals surface area contributed by atoms with Crippen molar-refractivity contribution in [1.82, 2.24) is 25.3 Å². The Kier molecular flexibility index (Phi) is 11.2. The van der Waals surface area contributed by atoms with Crippen LogP contribution in [0.5, 0.6) is 0 Å². The molecule has 0 spiro atoms. The second kappa shape index (κ2) is 16.1. The van der Waals surface area contributed by atoms with Crippen molar-refractivity contribution in [2.45, 2.75) is 32.6 Å². The first-order valence-electron chi connectivity index (χ1n) is 16.9. The van der Waals surface area contributed by atoms with Crippen LogP contribution in [0, 0.1) is 5.82 Å². The van der Waals surface area contributed by atoms with E-state index in [0.717, 1.165) is 82.1 Å². The third-order valence-corrected chi connectivity index (χ3v) is 9.11. The monoisotopic (exact) mass is 631 g/mol. The number of nitrogens with one attached hydrogen (secondary N) is 2. The highest BCUT2D eigenvalue weighted by atomic mass is 19.1. The van der Waals surface area contributed by atoms with Crippen LogP contribution in [-0.2, 0) is 19.6 Å². The van der Waals surface area contributed by atoms with Gasteiger partial charge in [0.25, 0.3) is 5.91 Å². The van der Waals surface area contributed by atoms with Gasteiger partial charge in [0.1, 0.15) is 5.82 Å². The second-order valence-corrected chi connectivity index (χ2v) is 12.9. The Bertz CT molecular complexity index is 1650. The van der Waals surface area contributed by atoms with Crippen molar-refractivity contribution in [3.8, 4) is 11.1 Å². The van der Waals surface area contributed by atoms with Gasteiger partial charge in [-0.3, -0.25) is 19.5 Å². The molecule has 1 atom stereocenters. The van der Waals surface area contributed by atoms with Crippen molar-refractivity contribution in [3.63, 3.8) is 0 Å². The third kappa shape index (κ3) is 9.46. The normalized spacial score (nSPS) is 18.0. The molecule has 1 amide bonds. The first-order valence-corrected chi connectivity index (χ1v) is 16.9. The fraction of sp³-hybridized carbons (Fsp3) is 0.325. The molecule has 0 aromatic heterocycles. The van der Waals surface area contributed by atoms with E-state index in [2.05, 4.69) is 86.9 Å². The van der Waals surface area contributed by atoms with Gasteiger partial charge in [-0.15, -0.1) is 0 Å². The van der Waals surface area contributed by atoms with Crippen molar-refractivity contribution < 1.29 is 9.18 Å². The minimum Gasteiger partial charge on any atom is -0.348 e. The number of hydrogen-bond donors (Lipinski definition) is 2. The minimum atomic E-state index is -0.259. The molecule has 2 aliphatic rings. The zero-order valence-electron chi connectivity index (χ0n) is 27.4. The second-order valence-electron chi connectivity index (χ2n) is 12.9. The van der Waals surface area contributed by atoms with E-state index in [1.807, 2.05) is 42.5 Å². The van der Waals surface area contributed by atoms with Gasteiger partial charge in [0.2, 0.25) is 0 Å². The van der Waals surface area contributed by atoms with E-state index < -0.39 is 0 Å². The van der Waals surface area contributed by atoms with Crippen LogP contribution in [0.3, 0.4) is 0 Å². The highest BCUT2D eigenvalue weighted by Crippen LogP contribution is 2.26. The van der Waals surface area contributed by atoms with E-state index in [1.54, 1.807) is 6.07 Å². The Morgan fingerprint density at radius 3 is 2.36 bits per heavy atom. The predicted octanol–water partition coefficient (Wildman–Crippen LogP) is 6.05. The summed E-state index contributed by atoms with van der Waals surface area (Å²) in [6.45, 7) is 12.2. The Labute approximate surface area is 278 Å². The predicted molar refractivity (Wildman–Crippen MR) is 189 cm³/mol. The molecule has 6 rings (SSSR count). The van der Waals surface area contributed by atoms with Crippen LogP contribution < -0.4 is 10.6 Å². The summed E-state index contributed by atoms with van der Waals surface area (Å²) < 4.78 is 15.0. The number of hydrogen-bond acceptors (Lipinski definition) is 5. The Balaban J connectivity index is 1.00. The van der Waals surface area contributed by atoms with Crippen LogP contribution in [0.2, 0.25) is 0 Å². The summed E-state index contributed by atoms with van der Waals surface area (Å²) in [5.74, 6) is -0.384. The highest BCUT2D eigenvalue weighted by molar-refractivity contribution is 5.94. The van der Waals surface area contributed by atoms with E-state index in [1.165, 1.54) is 17.2 Å². The number of piperazine rings is 2. The van der Waals surface area contributed by atoms with Crippen molar-refractivity contribution in [2.75, 3.05) is 52.4 Å². The van der Waals surface area contributed by atoms with Crippen LogP contribution in [0.4, 0.5) is 4.39 Å². The molecule has 4 aromatic carbocycles. The first-order chi connectivity index (χ1) is 23.0. The lowest BCUT2D eigenvalue weighted by Crippen LogP contribution is -2.48. The lowest BCUT2D eigenvalue weighted by Gasteiger charge is -2.34. The van der Waals surface area contributed by atoms with Crippen LogP contribution in [0.25, 0.3) is 17.2 Å². The number of rotatable bonds is 11. The van der Waals surface area contributed by atoms with E-state index >= 15 is 4.39 Å². The molecule has 0 saturated carbocycles.